The number of carboxylic acid groups (broad SMARTS) is 1. The third kappa shape index (κ3) is 2.86. The molecule has 0 aromatic heterocycles. The van der Waals surface area contributed by atoms with Gasteiger partial charge in [-0.2, -0.15) is 0 Å². The zero-order valence-electron chi connectivity index (χ0n) is 11.9. The molecule has 21 heavy (non-hydrogen) atoms. The number of hydrogen-bond acceptors (Lipinski definition) is 3. The first-order valence-electron chi connectivity index (χ1n) is 7.48. The molecule has 1 aromatic carbocycles. The highest BCUT2D eigenvalue weighted by atomic mass is 16.4. The average Bonchev–Trinajstić information content (AvgIpc) is 2.53. The van der Waals surface area contributed by atoms with Gasteiger partial charge in [-0.3, -0.25) is 9.59 Å². The predicted octanol–water partition coefficient (Wildman–Crippen LogP) is 1.59. The molecule has 2 unspecified atom stereocenters. The van der Waals surface area contributed by atoms with Crippen LogP contribution in [-0.2, 0) is 16.0 Å². The zero-order valence-corrected chi connectivity index (χ0v) is 11.9. The Balaban J connectivity index is 1.67. The Kier molecular flexibility index (Phi) is 3.82. The van der Waals surface area contributed by atoms with E-state index in [-0.39, 0.29) is 11.8 Å². The average molecular weight is 288 g/mol. The topological polar surface area (TPSA) is 69.6 Å². The SMILES string of the molecule is O=C(O)C1CCCN(C(=O)C2CNc3ccccc3C2)C1. The minimum Gasteiger partial charge on any atom is -0.481 e. The van der Waals surface area contributed by atoms with Gasteiger partial charge in [0.15, 0.2) is 0 Å². The lowest BCUT2D eigenvalue weighted by atomic mass is 9.91. The summed E-state index contributed by atoms with van der Waals surface area (Å²) in [6.45, 7) is 1.66. The molecule has 1 fully saturated rings. The van der Waals surface area contributed by atoms with Gasteiger partial charge < -0.3 is 15.3 Å². The number of amides is 1. The summed E-state index contributed by atoms with van der Waals surface area (Å²) in [5, 5.41) is 12.4. The fraction of sp³-hybridized carbons (Fsp3) is 0.500. The molecule has 1 aromatic rings. The summed E-state index contributed by atoms with van der Waals surface area (Å²) in [6, 6.07) is 8.03. The molecule has 112 valence electrons. The summed E-state index contributed by atoms with van der Waals surface area (Å²) in [7, 11) is 0. The van der Waals surface area contributed by atoms with Crippen molar-refractivity contribution in [2.24, 2.45) is 11.8 Å². The number of nitrogens with one attached hydrogen (secondary N) is 1. The Morgan fingerprint density at radius 1 is 1.24 bits per heavy atom. The van der Waals surface area contributed by atoms with Crippen LogP contribution in [0.25, 0.3) is 0 Å². The third-order valence-electron chi connectivity index (χ3n) is 4.45. The van der Waals surface area contributed by atoms with E-state index in [0.29, 0.717) is 26.1 Å². The van der Waals surface area contributed by atoms with Crippen LogP contribution in [0.2, 0.25) is 0 Å². The standard InChI is InChI=1S/C16H20N2O3/c19-15(18-7-3-5-12(10-18)16(20)21)13-8-11-4-1-2-6-14(11)17-9-13/h1-2,4,6,12-13,17H,3,5,7-10H2,(H,20,21). The highest BCUT2D eigenvalue weighted by Gasteiger charge is 2.33. The number of rotatable bonds is 2. The minimum atomic E-state index is -0.792. The number of carbonyl (C=O) groups excluding carboxylic acids is 1. The second-order valence-electron chi connectivity index (χ2n) is 5.90. The zero-order chi connectivity index (χ0) is 14.8. The van der Waals surface area contributed by atoms with Crippen LogP contribution in [0, 0.1) is 11.8 Å². The molecule has 1 saturated heterocycles. The van der Waals surface area contributed by atoms with E-state index < -0.39 is 11.9 Å². The van der Waals surface area contributed by atoms with Crippen LogP contribution in [0.5, 0.6) is 0 Å². The molecule has 2 N–H and O–H groups in total. The number of para-hydroxylation sites is 1. The first-order valence-corrected chi connectivity index (χ1v) is 7.48. The minimum absolute atomic E-state index is 0.0861. The van der Waals surface area contributed by atoms with Gasteiger partial charge in [0.25, 0.3) is 0 Å². The van der Waals surface area contributed by atoms with Crippen molar-refractivity contribution in [1.82, 2.24) is 4.90 Å². The molecular weight excluding hydrogens is 268 g/mol. The van der Waals surface area contributed by atoms with Crippen molar-refractivity contribution in [3.05, 3.63) is 29.8 Å². The second-order valence-corrected chi connectivity index (χ2v) is 5.90. The number of piperidine rings is 1. The van der Waals surface area contributed by atoms with Crippen molar-refractivity contribution < 1.29 is 14.7 Å². The lowest BCUT2D eigenvalue weighted by molar-refractivity contribution is -0.146. The summed E-state index contributed by atoms with van der Waals surface area (Å²) in [4.78, 5) is 25.5. The fourth-order valence-corrected chi connectivity index (χ4v) is 3.25. The second kappa shape index (κ2) is 5.76. The van der Waals surface area contributed by atoms with E-state index in [1.54, 1.807) is 4.90 Å². The van der Waals surface area contributed by atoms with E-state index >= 15 is 0 Å². The predicted molar refractivity (Wildman–Crippen MR) is 79.1 cm³/mol. The molecule has 3 rings (SSSR count). The van der Waals surface area contributed by atoms with Gasteiger partial charge in [0.2, 0.25) is 5.91 Å². The number of nitrogens with zero attached hydrogens (tertiary/aromatic N) is 1. The van der Waals surface area contributed by atoms with E-state index in [1.807, 2.05) is 24.3 Å². The Hall–Kier alpha value is -2.04. The number of aliphatic carboxylic acids is 1. The number of anilines is 1. The lowest BCUT2D eigenvalue weighted by Gasteiger charge is -2.35. The van der Waals surface area contributed by atoms with Crippen LogP contribution in [-0.4, -0.2) is 41.5 Å². The van der Waals surface area contributed by atoms with Gasteiger partial charge in [-0.15, -0.1) is 0 Å². The Bertz CT molecular complexity index is 558. The quantitative estimate of drug-likeness (QED) is 0.867. The maximum absolute atomic E-state index is 12.6. The molecule has 1 amide bonds. The maximum atomic E-state index is 12.6. The van der Waals surface area contributed by atoms with E-state index in [0.717, 1.165) is 24.1 Å². The number of likely N-dealkylation sites (tertiary alicyclic amines) is 1. The Labute approximate surface area is 123 Å². The van der Waals surface area contributed by atoms with Crippen molar-refractivity contribution in [2.75, 3.05) is 25.0 Å². The van der Waals surface area contributed by atoms with E-state index in [4.69, 9.17) is 5.11 Å². The van der Waals surface area contributed by atoms with Crippen molar-refractivity contribution >= 4 is 17.6 Å². The molecule has 5 heteroatoms. The van der Waals surface area contributed by atoms with E-state index in [9.17, 15) is 9.59 Å². The van der Waals surface area contributed by atoms with Crippen LogP contribution in [0.15, 0.2) is 24.3 Å². The van der Waals surface area contributed by atoms with Crippen molar-refractivity contribution in [3.63, 3.8) is 0 Å². The van der Waals surface area contributed by atoms with Crippen LogP contribution < -0.4 is 5.32 Å². The number of fused-ring (bicyclic) bond motifs is 1. The Morgan fingerprint density at radius 2 is 2.05 bits per heavy atom. The first kappa shape index (κ1) is 13.9. The van der Waals surface area contributed by atoms with Gasteiger partial charge in [-0.25, -0.2) is 0 Å². The molecule has 5 nitrogen and oxygen atoms in total. The van der Waals surface area contributed by atoms with E-state index in [2.05, 4.69) is 5.32 Å². The lowest BCUT2D eigenvalue weighted by Crippen LogP contribution is -2.47. The summed E-state index contributed by atoms with van der Waals surface area (Å²) < 4.78 is 0. The number of carboxylic acids is 1. The van der Waals surface area contributed by atoms with Gasteiger partial charge in [0.05, 0.1) is 11.8 Å². The summed E-state index contributed by atoms with van der Waals surface area (Å²) >= 11 is 0. The number of benzene rings is 1. The molecule has 0 spiro atoms. The number of carbonyl (C=O) groups is 2. The smallest absolute Gasteiger partial charge is 0.308 e. The van der Waals surface area contributed by atoms with Gasteiger partial charge in [-0.05, 0) is 30.9 Å². The molecule has 0 saturated carbocycles. The highest BCUT2D eigenvalue weighted by molar-refractivity contribution is 5.82. The third-order valence-corrected chi connectivity index (χ3v) is 4.45. The maximum Gasteiger partial charge on any atom is 0.308 e. The van der Waals surface area contributed by atoms with Crippen molar-refractivity contribution in [3.8, 4) is 0 Å². The van der Waals surface area contributed by atoms with Gasteiger partial charge in [-0.1, -0.05) is 18.2 Å². The molecule has 2 aliphatic heterocycles. The number of hydrogen-bond donors (Lipinski definition) is 2. The molecule has 0 radical (unpaired) electrons. The molecule has 2 atom stereocenters. The fourth-order valence-electron chi connectivity index (χ4n) is 3.25. The van der Waals surface area contributed by atoms with Crippen LogP contribution in [0.1, 0.15) is 18.4 Å². The molecule has 2 heterocycles. The van der Waals surface area contributed by atoms with Crippen LogP contribution >= 0.6 is 0 Å². The van der Waals surface area contributed by atoms with Gasteiger partial charge in [0, 0.05) is 25.3 Å². The highest BCUT2D eigenvalue weighted by Crippen LogP contribution is 2.27. The van der Waals surface area contributed by atoms with Gasteiger partial charge >= 0.3 is 5.97 Å². The Morgan fingerprint density at radius 3 is 2.86 bits per heavy atom. The van der Waals surface area contributed by atoms with Crippen molar-refractivity contribution in [1.29, 1.82) is 0 Å². The summed E-state index contributed by atoms with van der Waals surface area (Å²) in [5.74, 6) is -1.21. The molecule has 2 aliphatic rings. The first-order chi connectivity index (χ1) is 10.1. The summed E-state index contributed by atoms with van der Waals surface area (Å²) in [5.41, 5.74) is 2.26. The summed E-state index contributed by atoms with van der Waals surface area (Å²) in [6.07, 6.45) is 2.18. The van der Waals surface area contributed by atoms with Crippen LogP contribution in [0.3, 0.4) is 0 Å². The van der Waals surface area contributed by atoms with Gasteiger partial charge in [0.1, 0.15) is 0 Å². The monoisotopic (exact) mass is 288 g/mol. The largest absolute Gasteiger partial charge is 0.481 e. The molecule has 0 bridgehead atoms. The van der Waals surface area contributed by atoms with Crippen LogP contribution in [0.4, 0.5) is 5.69 Å². The van der Waals surface area contributed by atoms with Crippen molar-refractivity contribution in [2.45, 2.75) is 19.3 Å². The van der Waals surface area contributed by atoms with E-state index in [1.165, 1.54) is 0 Å². The molecule has 0 aliphatic carbocycles. The molecular formula is C16H20N2O3. The normalized spacial score (nSPS) is 24.9.